The van der Waals surface area contributed by atoms with E-state index in [0.717, 1.165) is 5.56 Å². The van der Waals surface area contributed by atoms with Crippen LogP contribution >= 0.6 is 0 Å². The van der Waals surface area contributed by atoms with Gasteiger partial charge in [-0.15, -0.1) is 0 Å². The highest BCUT2D eigenvalue weighted by molar-refractivity contribution is 6.02. The number of anilines is 4. The van der Waals surface area contributed by atoms with Crippen LogP contribution < -0.4 is 21.3 Å². The molecule has 0 aliphatic carbocycles. The van der Waals surface area contributed by atoms with E-state index in [1.807, 2.05) is 6.07 Å². The third-order valence-corrected chi connectivity index (χ3v) is 5.64. The van der Waals surface area contributed by atoms with Crippen LogP contribution in [0.2, 0.25) is 0 Å². The van der Waals surface area contributed by atoms with E-state index in [1.165, 1.54) is 11.2 Å². The highest BCUT2D eigenvalue weighted by Gasteiger charge is 2.25. The summed E-state index contributed by atoms with van der Waals surface area (Å²) >= 11 is 0. The van der Waals surface area contributed by atoms with Gasteiger partial charge in [-0.1, -0.05) is 6.07 Å². The van der Waals surface area contributed by atoms with Crippen LogP contribution in [-0.2, 0) is 16.0 Å². The molecule has 7 N–H and O–H groups in total. The third kappa shape index (κ3) is 5.06. The van der Waals surface area contributed by atoms with Gasteiger partial charge in [-0.05, 0) is 48.7 Å². The van der Waals surface area contributed by atoms with Crippen LogP contribution in [-0.4, -0.2) is 62.6 Å². The number of fused-ring (bicyclic) bond motifs is 2. The number of hydrogen-bond donors (Lipinski definition) is 6. The molecule has 0 radical (unpaired) electrons. The molecular formula is C23H26N6O5. The van der Waals surface area contributed by atoms with Crippen LogP contribution in [0, 0.1) is 0 Å². The van der Waals surface area contributed by atoms with Crippen molar-refractivity contribution < 1.29 is 24.9 Å². The second-order valence-electron chi connectivity index (χ2n) is 8.01. The number of carbonyl (C=O) groups is 2. The van der Waals surface area contributed by atoms with Gasteiger partial charge in [-0.25, -0.2) is 9.97 Å². The van der Waals surface area contributed by atoms with Crippen LogP contribution in [0.5, 0.6) is 0 Å². The van der Waals surface area contributed by atoms with Crippen molar-refractivity contribution in [1.82, 2.24) is 9.97 Å². The number of amides is 2. The largest absolute Gasteiger partial charge is 0.395 e. The van der Waals surface area contributed by atoms with E-state index in [9.17, 15) is 24.9 Å². The van der Waals surface area contributed by atoms with E-state index in [-0.39, 0.29) is 13.2 Å². The van der Waals surface area contributed by atoms with Gasteiger partial charge >= 0.3 is 0 Å². The van der Waals surface area contributed by atoms with Crippen LogP contribution in [0.4, 0.5) is 22.9 Å². The van der Waals surface area contributed by atoms with Gasteiger partial charge in [0.1, 0.15) is 24.5 Å². The molecular weight excluding hydrogens is 440 g/mol. The second kappa shape index (κ2) is 10.00. The van der Waals surface area contributed by atoms with Crippen molar-refractivity contribution >= 4 is 45.6 Å². The maximum Gasteiger partial charge on any atom is 0.253 e. The number of nitrogens with zero attached hydrogens (tertiary/aromatic N) is 3. The van der Waals surface area contributed by atoms with Gasteiger partial charge in [-0.3, -0.25) is 9.59 Å². The maximum atomic E-state index is 12.9. The Morgan fingerprint density at radius 2 is 2.06 bits per heavy atom. The molecule has 178 valence electrons. The summed E-state index contributed by atoms with van der Waals surface area (Å²) in [6, 6.07) is 10.1. The lowest BCUT2D eigenvalue weighted by molar-refractivity contribution is -0.129. The fraction of sp³-hybridized carbons (Fsp3) is 0.304. The number of carbonyl (C=O) groups excluding carboxylic acids is 2. The Morgan fingerprint density at radius 1 is 1.24 bits per heavy atom. The average Bonchev–Trinajstić information content (AvgIpc) is 2.82. The number of aliphatic hydroxyl groups is 3. The van der Waals surface area contributed by atoms with Crippen LogP contribution in [0.3, 0.4) is 0 Å². The van der Waals surface area contributed by atoms with E-state index >= 15 is 0 Å². The van der Waals surface area contributed by atoms with Crippen LogP contribution in [0.15, 0.2) is 42.7 Å². The molecule has 3 aromatic rings. The summed E-state index contributed by atoms with van der Waals surface area (Å²) in [6.07, 6.45) is -0.176. The average molecular weight is 466 g/mol. The molecule has 34 heavy (non-hydrogen) atoms. The predicted octanol–water partition coefficient (Wildman–Crippen LogP) is 0.604. The van der Waals surface area contributed by atoms with Crippen molar-refractivity contribution in [2.75, 3.05) is 34.4 Å². The molecule has 2 heterocycles. The molecule has 11 heteroatoms. The van der Waals surface area contributed by atoms with Gasteiger partial charge in [0.05, 0.1) is 18.5 Å². The Bertz CT molecular complexity index is 1220. The minimum absolute atomic E-state index is 0.0136. The van der Waals surface area contributed by atoms with E-state index < -0.39 is 30.6 Å². The zero-order valence-electron chi connectivity index (χ0n) is 18.3. The topological polar surface area (TPSA) is 174 Å². The molecule has 0 saturated heterocycles. The molecule has 0 fully saturated rings. The molecule has 4 rings (SSSR count). The first-order chi connectivity index (χ1) is 16.4. The highest BCUT2D eigenvalue weighted by atomic mass is 16.3. The number of hydrogen-bond acceptors (Lipinski definition) is 9. The van der Waals surface area contributed by atoms with Crippen molar-refractivity contribution in [1.29, 1.82) is 0 Å². The number of nitrogens with two attached hydrogens (primary N) is 1. The zero-order chi connectivity index (χ0) is 24.2. The van der Waals surface area contributed by atoms with Crippen molar-refractivity contribution in [2.45, 2.75) is 31.6 Å². The third-order valence-electron chi connectivity index (χ3n) is 5.64. The molecule has 2 aromatic carbocycles. The molecule has 11 nitrogen and oxygen atoms in total. The van der Waals surface area contributed by atoms with E-state index in [0.29, 0.717) is 46.6 Å². The summed E-state index contributed by atoms with van der Waals surface area (Å²) in [5.41, 5.74) is 8.90. The van der Waals surface area contributed by atoms with Gasteiger partial charge in [0.15, 0.2) is 0 Å². The lowest BCUT2D eigenvalue weighted by Gasteiger charge is -2.27. The number of aryl methyl sites for hydroxylation is 1. The normalized spacial score (nSPS) is 15.8. The Kier molecular flexibility index (Phi) is 6.87. The van der Waals surface area contributed by atoms with Gasteiger partial charge in [-0.2, -0.15) is 0 Å². The first-order valence-electron chi connectivity index (χ1n) is 10.8. The van der Waals surface area contributed by atoms with Crippen LogP contribution in [0.25, 0.3) is 10.9 Å². The Morgan fingerprint density at radius 3 is 2.85 bits per heavy atom. The molecule has 1 aromatic heterocycles. The Balaban J connectivity index is 1.44. The molecule has 1 aliphatic heterocycles. The number of nitrogens with one attached hydrogen (secondary N) is 2. The number of benzene rings is 2. The lowest BCUT2D eigenvalue weighted by atomic mass is 10.0. The number of nitrogen functional groups attached to an aromatic ring is 1. The first-order valence-corrected chi connectivity index (χ1v) is 10.8. The SMILES string of the molecule is Nc1ncnc2cc(NC(=O)C(O)CC(=O)N(CCO)c3ccc4c(c3)NC(O)CC4)ccc12. The summed E-state index contributed by atoms with van der Waals surface area (Å²) in [4.78, 5) is 34.8. The molecule has 0 saturated carbocycles. The van der Waals surface area contributed by atoms with E-state index in [1.54, 1.807) is 30.3 Å². The molecule has 0 spiro atoms. The summed E-state index contributed by atoms with van der Waals surface area (Å²) in [5.74, 6) is -0.981. The van der Waals surface area contributed by atoms with Crippen LogP contribution in [0.1, 0.15) is 18.4 Å². The molecule has 1 aliphatic rings. The van der Waals surface area contributed by atoms with E-state index in [2.05, 4.69) is 20.6 Å². The fourth-order valence-corrected chi connectivity index (χ4v) is 3.88. The molecule has 2 atom stereocenters. The van der Waals surface area contributed by atoms with Gasteiger partial charge < -0.3 is 36.6 Å². The van der Waals surface area contributed by atoms with Gasteiger partial charge in [0.25, 0.3) is 5.91 Å². The van der Waals surface area contributed by atoms with Gasteiger partial charge in [0.2, 0.25) is 5.91 Å². The molecule has 0 bridgehead atoms. The quantitative estimate of drug-likeness (QED) is 0.291. The summed E-state index contributed by atoms with van der Waals surface area (Å²) in [5, 5.41) is 35.9. The number of rotatable bonds is 7. The highest BCUT2D eigenvalue weighted by Crippen LogP contribution is 2.29. The summed E-state index contributed by atoms with van der Waals surface area (Å²) in [7, 11) is 0. The molecule has 2 unspecified atom stereocenters. The van der Waals surface area contributed by atoms with E-state index in [4.69, 9.17) is 5.73 Å². The van der Waals surface area contributed by atoms with Crippen molar-refractivity contribution in [2.24, 2.45) is 0 Å². The molecule has 2 amide bonds. The zero-order valence-corrected chi connectivity index (χ0v) is 18.3. The number of aromatic nitrogens is 2. The monoisotopic (exact) mass is 466 g/mol. The Hall–Kier alpha value is -3.80. The number of aliphatic hydroxyl groups excluding tert-OH is 3. The lowest BCUT2D eigenvalue weighted by Crippen LogP contribution is -2.39. The maximum absolute atomic E-state index is 12.9. The first kappa shape index (κ1) is 23.4. The van der Waals surface area contributed by atoms with Crippen molar-refractivity contribution in [3.05, 3.63) is 48.3 Å². The van der Waals surface area contributed by atoms with Crippen molar-refractivity contribution in [3.63, 3.8) is 0 Å². The summed E-state index contributed by atoms with van der Waals surface area (Å²) < 4.78 is 0. The minimum Gasteiger partial charge on any atom is -0.395 e. The smallest absolute Gasteiger partial charge is 0.253 e. The summed E-state index contributed by atoms with van der Waals surface area (Å²) in [6.45, 7) is -0.316. The van der Waals surface area contributed by atoms with Gasteiger partial charge in [0, 0.05) is 29.0 Å². The fourth-order valence-electron chi connectivity index (χ4n) is 3.88. The Labute approximate surface area is 195 Å². The predicted molar refractivity (Wildman–Crippen MR) is 127 cm³/mol. The standard InChI is InChI=1S/C23H26N6O5/c24-22-16-5-3-14(9-18(16)25-12-26-22)27-23(34)19(31)11-21(33)29(7-8-30)15-4-1-13-2-6-20(32)28-17(13)10-15/h1,3-5,9-10,12,19-20,28,30-32H,2,6-8,11H2,(H,27,34)(H2,24,25,26). The minimum atomic E-state index is -1.61. The second-order valence-corrected chi connectivity index (χ2v) is 8.01. The van der Waals surface area contributed by atoms with Crippen molar-refractivity contribution in [3.8, 4) is 0 Å².